The predicted octanol–water partition coefficient (Wildman–Crippen LogP) is 1.84. The Morgan fingerprint density at radius 3 is 2.33 bits per heavy atom. The van der Waals surface area contributed by atoms with Gasteiger partial charge in [0.25, 0.3) is 0 Å². The fraction of sp³-hybridized carbons (Fsp3) is 0.222. The maximum Gasteiger partial charge on any atom is 0.509 e. The Bertz CT molecular complexity index is 387. The SMILES string of the molecule is COC(=O)c1ccc([B-](F)(F)F)cc1C. The number of esters is 1. The normalized spacial score (nSPS) is 11.3. The first kappa shape index (κ1) is 11.6. The summed E-state index contributed by atoms with van der Waals surface area (Å²) in [5, 5.41) is 0. The fourth-order valence-corrected chi connectivity index (χ4v) is 1.23. The Morgan fingerprint density at radius 1 is 1.33 bits per heavy atom. The van der Waals surface area contributed by atoms with Gasteiger partial charge in [-0.3, -0.25) is 0 Å². The van der Waals surface area contributed by atoms with E-state index in [1.807, 2.05) is 0 Å². The van der Waals surface area contributed by atoms with E-state index in [2.05, 4.69) is 4.74 Å². The van der Waals surface area contributed by atoms with Crippen molar-refractivity contribution in [2.75, 3.05) is 7.11 Å². The number of halogens is 3. The number of rotatable bonds is 2. The van der Waals surface area contributed by atoms with Crippen molar-refractivity contribution in [2.45, 2.75) is 6.92 Å². The molecule has 2 nitrogen and oxygen atoms in total. The van der Waals surface area contributed by atoms with Gasteiger partial charge in [0.15, 0.2) is 0 Å². The van der Waals surface area contributed by atoms with Gasteiger partial charge in [-0.15, -0.1) is 5.46 Å². The third-order valence-electron chi connectivity index (χ3n) is 2.03. The van der Waals surface area contributed by atoms with E-state index in [-0.39, 0.29) is 11.1 Å². The van der Waals surface area contributed by atoms with Crippen LogP contribution in [0.3, 0.4) is 0 Å². The van der Waals surface area contributed by atoms with Gasteiger partial charge in [0.2, 0.25) is 0 Å². The number of hydrogen-bond donors (Lipinski definition) is 0. The van der Waals surface area contributed by atoms with Gasteiger partial charge in [0.1, 0.15) is 0 Å². The largest absolute Gasteiger partial charge is 0.509 e. The molecule has 0 atom stereocenters. The molecule has 0 saturated heterocycles. The Kier molecular flexibility index (Phi) is 3.07. The molecule has 0 aromatic heterocycles. The van der Waals surface area contributed by atoms with Crippen molar-refractivity contribution in [3.8, 4) is 0 Å². The van der Waals surface area contributed by atoms with Crippen molar-refractivity contribution < 1.29 is 22.5 Å². The van der Waals surface area contributed by atoms with Gasteiger partial charge in [0.05, 0.1) is 12.7 Å². The number of carbonyl (C=O) groups excluding carboxylic acids is 1. The molecule has 15 heavy (non-hydrogen) atoms. The van der Waals surface area contributed by atoms with Gasteiger partial charge in [-0.05, 0) is 12.5 Å². The van der Waals surface area contributed by atoms with Gasteiger partial charge in [-0.1, -0.05) is 18.2 Å². The number of ether oxygens (including phenoxy) is 1. The molecule has 1 aromatic carbocycles. The molecular weight excluding hydrogens is 208 g/mol. The molecule has 1 rings (SSSR count). The van der Waals surface area contributed by atoms with Crippen LogP contribution in [-0.4, -0.2) is 20.1 Å². The fourth-order valence-electron chi connectivity index (χ4n) is 1.23. The number of methoxy groups -OCH3 is 1. The van der Waals surface area contributed by atoms with Gasteiger partial charge >= 0.3 is 12.9 Å². The molecule has 0 radical (unpaired) electrons. The summed E-state index contributed by atoms with van der Waals surface area (Å²) in [6, 6.07) is 2.97. The molecule has 0 N–H and O–H groups in total. The summed E-state index contributed by atoms with van der Waals surface area (Å²) in [6.45, 7) is -3.58. The van der Waals surface area contributed by atoms with Crippen LogP contribution < -0.4 is 5.46 Å². The summed E-state index contributed by atoms with van der Waals surface area (Å²) in [6.07, 6.45) is 0. The maximum atomic E-state index is 12.3. The van der Waals surface area contributed by atoms with Crippen LogP contribution in [0.1, 0.15) is 15.9 Å². The van der Waals surface area contributed by atoms with Gasteiger partial charge in [-0.25, -0.2) is 4.79 Å². The van der Waals surface area contributed by atoms with Crippen molar-refractivity contribution in [1.29, 1.82) is 0 Å². The first-order valence-corrected chi connectivity index (χ1v) is 4.25. The highest BCUT2D eigenvalue weighted by molar-refractivity contribution is 6.73. The quantitative estimate of drug-likeness (QED) is 0.557. The minimum atomic E-state index is -5.02. The first-order valence-electron chi connectivity index (χ1n) is 4.25. The minimum Gasteiger partial charge on any atom is -0.465 e. The summed E-state index contributed by atoms with van der Waals surface area (Å²) in [7, 11) is 1.18. The summed E-state index contributed by atoms with van der Waals surface area (Å²) in [4.78, 5) is 11.1. The molecule has 0 fully saturated rings. The van der Waals surface area contributed by atoms with E-state index in [0.29, 0.717) is 0 Å². The molecule has 0 heterocycles. The van der Waals surface area contributed by atoms with E-state index < -0.39 is 18.4 Å². The molecule has 0 aliphatic heterocycles. The lowest BCUT2D eigenvalue weighted by Crippen LogP contribution is -2.34. The molecule has 0 amide bonds. The van der Waals surface area contributed by atoms with Crippen LogP contribution in [0.25, 0.3) is 0 Å². The first-order chi connectivity index (χ1) is 6.86. The topological polar surface area (TPSA) is 26.3 Å². The zero-order valence-electron chi connectivity index (χ0n) is 8.26. The highest BCUT2D eigenvalue weighted by Crippen LogP contribution is 2.13. The maximum absolute atomic E-state index is 12.3. The summed E-state index contributed by atoms with van der Waals surface area (Å²) >= 11 is 0. The highest BCUT2D eigenvalue weighted by atomic mass is 19.4. The number of hydrogen-bond acceptors (Lipinski definition) is 2. The monoisotopic (exact) mass is 217 g/mol. The molecular formula is C9H9BF3O2-. The van der Waals surface area contributed by atoms with Crippen LogP contribution in [0.4, 0.5) is 12.9 Å². The van der Waals surface area contributed by atoms with E-state index >= 15 is 0 Å². The van der Waals surface area contributed by atoms with E-state index in [1.165, 1.54) is 14.0 Å². The second-order valence-electron chi connectivity index (χ2n) is 3.14. The lowest BCUT2D eigenvalue weighted by molar-refractivity contribution is 0.0600. The van der Waals surface area contributed by atoms with E-state index in [4.69, 9.17) is 0 Å². The molecule has 1 aromatic rings. The van der Waals surface area contributed by atoms with Gasteiger partial charge in [-0.2, -0.15) is 0 Å². The molecule has 0 unspecified atom stereocenters. The van der Waals surface area contributed by atoms with E-state index in [9.17, 15) is 17.7 Å². The lowest BCUT2D eigenvalue weighted by atomic mass is 9.79. The standard InChI is InChI=1S/C9H9BF3O2/c1-6-5-7(10(11,12)13)3-4-8(6)9(14)15-2/h3-5H,1-2H3/q-1. The Hall–Kier alpha value is -1.46. The van der Waals surface area contributed by atoms with E-state index in [0.717, 1.165) is 18.2 Å². The predicted molar refractivity (Wildman–Crippen MR) is 51.2 cm³/mol. The Balaban J connectivity index is 3.15. The number of benzene rings is 1. The Labute approximate surface area is 85.1 Å². The van der Waals surface area contributed by atoms with Crippen molar-refractivity contribution in [3.63, 3.8) is 0 Å². The van der Waals surface area contributed by atoms with Crippen LogP contribution in [0, 0.1) is 6.92 Å². The molecule has 6 heteroatoms. The van der Waals surface area contributed by atoms with Crippen molar-refractivity contribution in [3.05, 3.63) is 29.3 Å². The molecule has 0 saturated carbocycles. The van der Waals surface area contributed by atoms with Crippen LogP contribution >= 0.6 is 0 Å². The van der Waals surface area contributed by atoms with Crippen LogP contribution in [0.5, 0.6) is 0 Å². The Morgan fingerprint density at radius 2 is 1.93 bits per heavy atom. The van der Waals surface area contributed by atoms with Crippen molar-refractivity contribution in [2.24, 2.45) is 0 Å². The zero-order chi connectivity index (χ0) is 11.6. The lowest BCUT2D eigenvalue weighted by Gasteiger charge is -2.16. The van der Waals surface area contributed by atoms with Gasteiger partial charge in [0, 0.05) is 0 Å². The summed E-state index contributed by atoms with van der Waals surface area (Å²) in [5.41, 5.74) is -0.292. The van der Waals surface area contributed by atoms with Crippen molar-refractivity contribution >= 4 is 18.4 Å². The molecule has 0 bridgehead atoms. The zero-order valence-corrected chi connectivity index (χ0v) is 8.26. The van der Waals surface area contributed by atoms with Crippen LogP contribution in [0.15, 0.2) is 18.2 Å². The number of carbonyl (C=O) groups is 1. The third-order valence-corrected chi connectivity index (χ3v) is 2.03. The minimum absolute atomic E-state index is 0.154. The average Bonchev–Trinajstić information content (AvgIpc) is 2.15. The third kappa shape index (κ3) is 2.52. The molecule has 0 aliphatic carbocycles. The van der Waals surface area contributed by atoms with E-state index in [1.54, 1.807) is 0 Å². The molecule has 82 valence electrons. The van der Waals surface area contributed by atoms with Crippen LogP contribution in [0.2, 0.25) is 0 Å². The second kappa shape index (κ2) is 3.96. The molecule has 0 spiro atoms. The smallest absolute Gasteiger partial charge is 0.465 e. The summed E-state index contributed by atoms with van der Waals surface area (Å²) in [5.74, 6) is -0.631. The highest BCUT2D eigenvalue weighted by Gasteiger charge is 2.26. The average molecular weight is 217 g/mol. The molecule has 0 aliphatic rings. The number of aryl methyl sites for hydroxylation is 1. The van der Waals surface area contributed by atoms with Gasteiger partial charge < -0.3 is 17.7 Å². The summed E-state index contributed by atoms with van der Waals surface area (Å²) < 4.78 is 41.4. The van der Waals surface area contributed by atoms with Crippen molar-refractivity contribution in [1.82, 2.24) is 0 Å². The van der Waals surface area contributed by atoms with Crippen LogP contribution in [-0.2, 0) is 4.74 Å². The second-order valence-corrected chi connectivity index (χ2v) is 3.14.